The SMILES string of the molecule is ClC1C=C(C2CCCc3cccnc32)CCC1. The van der Waals surface area contributed by atoms with Crippen LogP contribution in [0.15, 0.2) is 30.0 Å². The predicted molar refractivity (Wildman–Crippen MR) is 71.5 cm³/mol. The molecular weight excluding hydrogens is 230 g/mol. The Morgan fingerprint density at radius 2 is 2.06 bits per heavy atom. The number of hydrogen-bond acceptors (Lipinski definition) is 1. The van der Waals surface area contributed by atoms with Crippen LogP contribution in [0.3, 0.4) is 0 Å². The molecule has 2 heteroatoms. The second kappa shape index (κ2) is 4.81. The quantitative estimate of drug-likeness (QED) is 0.535. The van der Waals surface area contributed by atoms with Gasteiger partial charge in [0.15, 0.2) is 0 Å². The Hall–Kier alpha value is -0.820. The molecule has 1 aromatic rings. The highest BCUT2D eigenvalue weighted by molar-refractivity contribution is 6.21. The number of aryl methyl sites for hydroxylation is 1. The highest BCUT2D eigenvalue weighted by Crippen LogP contribution is 2.39. The Labute approximate surface area is 108 Å². The van der Waals surface area contributed by atoms with Crippen LogP contribution in [0.25, 0.3) is 0 Å². The van der Waals surface area contributed by atoms with Gasteiger partial charge in [-0.25, -0.2) is 0 Å². The van der Waals surface area contributed by atoms with Gasteiger partial charge in [0.25, 0.3) is 0 Å². The first kappa shape index (κ1) is 11.3. The molecule has 0 saturated heterocycles. The molecule has 0 N–H and O–H groups in total. The normalized spacial score (nSPS) is 28.4. The molecular formula is C15H18ClN. The Kier molecular flexibility index (Phi) is 3.19. The fourth-order valence-corrected chi connectivity index (χ4v) is 3.48. The van der Waals surface area contributed by atoms with Crippen LogP contribution in [0.1, 0.15) is 49.3 Å². The van der Waals surface area contributed by atoms with Gasteiger partial charge in [-0.05, 0) is 50.2 Å². The molecule has 1 aromatic heterocycles. The van der Waals surface area contributed by atoms with Crippen LogP contribution in [0, 0.1) is 0 Å². The first-order chi connectivity index (χ1) is 8.34. The van der Waals surface area contributed by atoms with E-state index in [0.29, 0.717) is 5.92 Å². The lowest BCUT2D eigenvalue weighted by atomic mass is 9.78. The predicted octanol–water partition coefficient (Wildman–Crippen LogP) is 4.22. The summed E-state index contributed by atoms with van der Waals surface area (Å²) in [5, 5.41) is 0.243. The maximum atomic E-state index is 6.26. The van der Waals surface area contributed by atoms with E-state index in [4.69, 9.17) is 11.6 Å². The van der Waals surface area contributed by atoms with Crippen molar-refractivity contribution in [1.82, 2.24) is 4.98 Å². The second-order valence-corrected chi connectivity index (χ2v) is 5.70. The van der Waals surface area contributed by atoms with Crippen molar-refractivity contribution in [2.24, 2.45) is 0 Å². The lowest BCUT2D eigenvalue weighted by Gasteiger charge is -2.29. The highest BCUT2D eigenvalue weighted by atomic mass is 35.5. The average molecular weight is 248 g/mol. The molecule has 0 amide bonds. The van der Waals surface area contributed by atoms with Crippen molar-refractivity contribution in [2.45, 2.75) is 49.8 Å². The monoisotopic (exact) mass is 247 g/mol. The molecule has 1 nitrogen and oxygen atoms in total. The standard InChI is InChI=1S/C15H18ClN/c16-13-7-1-5-12(10-13)14-8-2-4-11-6-3-9-17-15(11)14/h3,6,9-10,13-14H,1-2,4-5,7-8H2. The second-order valence-electron chi connectivity index (χ2n) is 5.14. The summed E-state index contributed by atoms with van der Waals surface area (Å²) in [4.78, 5) is 4.62. The van der Waals surface area contributed by atoms with E-state index in [-0.39, 0.29) is 5.38 Å². The molecule has 1 heterocycles. The smallest absolute Gasteiger partial charge is 0.0518 e. The van der Waals surface area contributed by atoms with Crippen LogP contribution < -0.4 is 0 Å². The van der Waals surface area contributed by atoms with Crippen molar-refractivity contribution in [2.75, 3.05) is 0 Å². The summed E-state index contributed by atoms with van der Waals surface area (Å²) < 4.78 is 0. The number of alkyl halides is 1. The molecule has 0 fully saturated rings. The minimum Gasteiger partial charge on any atom is -0.260 e. The van der Waals surface area contributed by atoms with Crippen molar-refractivity contribution >= 4 is 11.6 Å². The van der Waals surface area contributed by atoms with Gasteiger partial charge in [-0.1, -0.05) is 17.7 Å². The average Bonchev–Trinajstić information content (AvgIpc) is 2.38. The molecule has 0 saturated carbocycles. The number of rotatable bonds is 1. The van der Waals surface area contributed by atoms with Crippen molar-refractivity contribution < 1.29 is 0 Å². The summed E-state index contributed by atoms with van der Waals surface area (Å²) >= 11 is 6.26. The molecule has 2 aliphatic rings. The van der Waals surface area contributed by atoms with E-state index in [0.717, 1.165) is 6.42 Å². The first-order valence-electron chi connectivity index (χ1n) is 6.63. The fraction of sp³-hybridized carbons (Fsp3) is 0.533. The molecule has 90 valence electrons. The molecule has 17 heavy (non-hydrogen) atoms. The third-order valence-corrected chi connectivity index (χ3v) is 4.33. The van der Waals surface area contributed by atoms with E-state index >= 15 is 0 Å². The van der Waals surface area contributed by atoms with Crippen LogP contribution in [-0.2, 0) is 6.42 Å². The lowest BCUT2D eigenvalue weighted by molar-refractivity contribution is 0.551. The lowest BCUT2D eigenvalue weighted by Crippen LogP contribution is -2.17. The molecule has 0 bridgehead atoms. The van der Waals surface area contributed by atoms with Gasteiger partial charge in [-0.15, -0.1) is 11.6 Å². The van der Waals surface area contributed by atoms with Crippen LogP contribution in [0.5, 0.6) is 0 Å². The molecule has 0 spiro atoms. The van der Waals surface area contributed by atoms with E-state index in [1.165, 1.54) is 48.9 Å². The number of pyridine rings is 1. The summed E-state index contributed by atoms with van der Waals surface area (Å²) in [5.41, 5.74) is 4.30. The Morgan fingerprint density at radius 1 is 1.18 bits per heavy atom. The summed E-state index contributed by atoms with van der Waals surface area (Å²) in [7, 11) is 0. The van der Waals surface area contributed by atoms with Crippen molar-refractivity contribution in [3.63, 3.8) is 0 Å². The largest absolute Gasteiger partial charge is 0.260 e. The number of aromatic nitrogens is 1. The number of fused-ring (bicyclic) bond motifs is 1. The Bertz CT molecular complexity index is 438. The molecule has 0 aromatic carbocycles. The fourth-order valence-electron chi connectivity index (χ4n) is 3.16. The molecule has 2 atom stereocenters. The molecule has 0 radical (unpaired) electrons. The van der Waals surface area contributed by atoms with Gasteiger partial charge < -0.3 is 0 Å². The molecule has 0 aliphatic heterocycles. The van der Waals surface area contributed by atoms with E-state index in [2.05, 4.69) is 23.2 Å². The van der Waals surface area contributed by atoms with Crippen molar-refractivity contribution in [3.05, 3.63) is 41.2 Å². The maximum Gasteiger partial charge on any atom is 0.0518 e. The van der Waals surface area contributed by atoms with E-state index < -0.39 is 0 Å². The maximum absolute atomic E-state index is 6.26. The van der Waals surface area contributed by atoms with E-state index in [1.54, 1.807) is 0 Å². The third kappa shape index (κ3) is 2.26. The van der Waals surface area contributed by atoms with Gasteiger partial charge in [-0.2, -0.15) is 0 Å². The van der Waals surface area contributed by atoms with Gasteiger partial charge in [0.05, 0.1) is 11.1 Å². The Morgan fingerprint density at radius 3 is 2.94 bits per heavy atom. The van der Waals surface area contributed by atoms with Crippen molar-refractivity contribution in [1.29, 1.82) is 0 Å². The van der Waals surface area contributed by atoms with Gasteiger partial charge >= 0.3 is 0 Å². The minimum atomic E-state index is 0.243. The summed E-state index contributed by atoms with van der Waals surface area (Å²) in [5.74, 6) is 0.543. The number of halogens is 1. The highest BCUT2D eigenvalue weighted by Gasteiger charge is 2.26. The zero-order valence-corrected chi connectivity index (χ0v) is 10.8. The Balaban J connectivity index is 1.95. The van der Waals surface area contributed by atoms with Crippen LogP contribution in [0.4, 0.5) is 0 Å². The molecule has 2 unspecified atom stereocenters. The first-order valence-corrected chi connectivity index (χ1v) is 7.06. The zero-order chi connectivity index (χ0) is 11.7. The van der Waals surface area contributed by atoms with Crippen LogP contribution >= 0.6 is 11.6 Å². The number of allylic oxidation sites excluding steroid dienone is 2. The summed E-state index contributed by atoms with van der Waals surface area (Å²) in [6, 6.07) is 4.29. The topological polar surface area (TPSA) is 12.9 Å². The van der Waals surface area contributed by atoms with Crippen LogP contribution in [-0.4, -0.2) is 10.4 Å². The zero-order valence-electron chi connectivity index (χ0n) is 10.0. The van der Waals surface area contributed by atoms with Crippen LogP contribution in [0.2, 0.25) is 0 Å². The van der Waals surface area contributed by atoms with Gasteiger partial charge in [0.1, 0.15) is 0 Å². The minimum absolute atomic E-state index is 0.243. The number of nitrogens with zero attached hydrogens (tertiary/aromatic N) is 1. The van der Waals surface area contributed by atoms with E-state index in [1.807, 2.05) is 6.20 Å². The third-order valence-electron chi connectivity index (χ3n) is 3.98. The molecule has 2 aliphatic carbocycles. The van der Waals surface area contributed by atoms with Crippen molar-refractivity contribution in [3.8, 4) is 0 Å². The molecule has 3 rings (SSSR count). The summed E-state index contributed by atoms with van der Waals surface area (Å²) in [6.07, 6.45) is 11.5. The van der Waals surface area contributed by atoms with E-state index in [9.17, 15) is 0 Å². The summed E-state index contributed by atoms with van der Waals surface area (Å²) in [6.45, 7) is 0. The van der Waals surface area contributed by atoms with Gasteiger partial charge in [0.2, 0.25) is 0 Å². The number of hydrogen-bond donors (Lipinski definition) is 0. The van der Waals surface area contributed by atoms with Gasteiger partial charge in [0, 0.05) is 12.1 Å². The van der Waals surface area contributed by atoms with Gasteiger partial charge in [-0.3, -0.25) is 4.98 Å².